The van der Waals surface area contributed by atoms with Crippen LogP contribution in [0.2, 0.25) is 0 Å². The highest BCUT2D eigenvalue weighted by Gasteiger charge is 2.26. The van der Waals surface area contributed by atoms with Crippen LogP contribution in [0.3, 0.4) is 0 Å². The molecule has 0 radical (unpaired) electrons. The number of benzene rings is 1. The van der Waals surface area contributed by atoms with E-state index in [1.165, 1.54) is 5.56 Å². The van der Waals surface area contributed by atoms with Gasteiger partial charge in [-0.15, -0.1) is 24.0 Å². The van der Waals surface area contributed by atoms with Crippen molar-refractivity contribution in [3.8, 4) is 11.5 Å². The molecule has 178 valence electrons. The van der Waals surface area contributed by atoms with Crippen molar-refractivity contribution in [2.24, 2.45) is 10.4 Å². The summed E-state index contributed by atoms with van der Waals surface area (Å²) in [4.78, 5) is 7.24. The van der Waals surface area contributed by atoms with E-state index in [4.69, 9.17) is 14.5 Å². The van der Waals surface area contributed by atoms with Crippen LogP contribution in [0.15, 0.2) is 23.2 Å². The summed E-state index contributed by atoms with van der Waals surface area (Å²) >= 11 is 0. The average Bonchev–Trinajstić information content (AvgIpc) is 3.21. The summed E-state index contributed by atoms with van der Waals surface area (Å²) in [6, 6.07) is 6.38. The fourth-order valence-corrected chi connectivity index (χ4v) is 3.82. The summed E-state index contributed by atoms with van der Waals surface area (Å²) in [5, 5.41) is 16.8. The molecule has 1 aliphatic heterocycles. The first-order valence-corrected chi connectivity index (χ1v) is 11.1. The van der Waals surface area contributed by atoms with Crippen LogP contribution < -0.4 is 20.1 Å². The second-order valence-corrected chi connectivity index (χ2v) is 8.15. The van der Waals surface area contributed by atoms with E-state index in [-0.39, 0.29) is 36.0 Å². The predicted octanol–water partition coefficient (Wildman–Crippen LogP) is 3.25. The molecule has 1 fully saturated rings. The van der Waals surface area contributed by atoms with E-state index in [2.05, 4.69) is 48.4 Å². The zero-order valence-electron chi connectivity index (χ0n) is 19.7. The summed E-state index contributed by atoms with van der Waals surface area (Å²) in [6.07, 6.45) is 2.91. The van der Waals surface area contributed by atoms with Crippen molar-refractivity contribution in [3.63, 3.8) is 0 Å². The maximum atomic E-state index is 9.82. The normalized spacial score (nSPS) is 17.2. The van der Waals surface area contributed by atoms with E-state index in [1.807, 2.05) is 6.07 Å². The minimum Gasteiger partial charge on any atom is -0.497 e. The minimum absolute atomic E-state index is 0. The van der Waals surface area contributed by atoms with Crippen LogP contribution in [0.25, 0.3) is 0 Å². The molecule has 3 N–H and O–H groups in total. The molecule has 0 bridgehead atoms. The number of methoxy groups -OCH3 is 2. The van der Waals surface area contributed by atoms with Gasteiger partial charge < -0.3 is 25.2 Å². The molecule has 0 aromatic heterocycles. The van der Waals surface area contributed by atoms with Crippen molar-refractivity contribution in [1.29, 1.82) is 0 Å². The van der Waals surface area contributed by atoms with Gasteiger partial charge in [-0.25, -0.2) is 0 Å². The highest BCUT2D eigenvalue weighted by atomic mass is 127. The quantitative estimate of drug-likeness (QED) is 0.224. The lowest BCUT2D eigenvalue weighted by Gasteiger charge is -2.28. The summed E-state index contributed by atoms with van der Waals surface area (Å²) in [5.41, 5.74) is 1.06. The lowest BCUT2D eigenvalue weighted by Crippen LogP contribution is -2.45. The zero-order valence-corrected chi connectivity index (χ0v) is 22.1. The van der Waals surface area contributed by atoms with Gasteiger partial charge in [0.05, 0.1) is 27.4 Å². The Morgan fingerprint density at radius 3 is 2.32 bits per heavy atom. The van der Waals surface area contributed by atoms with E-state index in [9.17, 15) is 5.11 Å². The Labute approximate surface area is 205 Å². The number of nitrogens with zero attached hydrogens (tertiary/aromatic N) is 2. The summed E-state index contributed by atoms with van der Waals surface area (Å²) < 4.78 is 10.8. The SMILES string of the molecule is CCNC(=NCC(CC)(CC)CO)NC1CCN(Cc2cc(OC)cc(OC)c2)C1.I. The minimum atomic E-state index is -0.129. The van der Waals surface area contributed by atoms with Gasteiger partial charge in [0, 0.05) is 43.7 Å². The molecule has 0 saturated carbocycles. The smallest absolute Gasteiger partial charge is 0.191 e. The number of aliphatic imine (C=N–C) groups is 1. The second kappa shape index (κ2) is 14.0. The van der Waals surface area contributed by atoms with Crippen LogP contribution in [0.4, 0.5) is 0 Å². The summed E-state index contributed by atoms with van der Waals surface area (Å²) in [6.45, 7) is 10.8. The first-order chi connectivity index (χ1) is 14.5. The van der Waals surface area contributed by atoms with Gasteiger partial charge in [-0.1, -0.05) is 13.8 Å². The summed E-state index contributed by atoms with van der Waals surface area (Å²) in [5.74, 6) is 2.48. The Balaban J connectivity index is 0.00000480. The molecular formula is C23H41IN4O3. The zero-order chi connectivity index (χ0) is 22.0. The van der Waals surface area contributed by atoms with Crippen LogP contribution in [0, 0.1) is 5.41 Å². The molecule has 7 nitrogen and oxygen atoms in total. The standard InChI is InChI=1S/C23H40N4O3.HI/c1-6-23(7-2,17-28)16-25-22(24-8-3)26-19-9-10-27(15-19)14-18-11-20(29-4)13-21(12-18)30-5;/h11-13,19,28H,6-10,14-17H2,1-5H3,(H2,24,25,26);1H. The molecule has 1 aliphatic rings. The lowest BCUT2D eigenvalue weighted by atomic mass is 9.83. The van der Waals surface area contributed by atoms with Gasteiger partial charge in [-0.05, 0) is 43.9 Å². The maximum Gasteiger partial charge on any atom is 0.191 e. The Bertz CT molecular complexity index is 652. The van der Waals surface area contributed by atoms with Gasteiger partial charge in [0.25, 0.3) is 0 Å². The molecule has 1 atom stereocenters. The van der Waals surface area contributed by atoms with Gasteiger partial charge in [-0.3, -0.25) is 9.89 Å². The van der Waals surface area contributed by atoms with Crippen molar-refractivity contribution in [2.75, 3.05) is 47.0 Å². The van der Waals surface area contributed by atoms with Crippen LogP contribution in [-0.4, -0.2) is 69.0 Å². The first-order valence-electron chi connectivity index (χ1n) is 11.1. The number of hydrogen-bond acceptors (Lipinski definition) is 5. The molecule has 8 heteroatoms. The molecule has 2 rings (SSSR count). The van der Waals surface area contributed by atoms with E-state index < -0.39 is 0 Å². The van der Waals surface area contributed by atoms with Gasteiger partial charge in [0.2, 0.25) is 0 Å². The number of halogens is 1. The molecule has 0 spiro atoms. The van der Waals surface area contributed by atoms with Gasteiger partial charge in [0.15, 0.2) is 5.96 Å². The Morgan fingerprint density at radius 1 is 1.16 bits per heavy atom. The molecule has 1 heterocycles. The number of rotatable bonds is 11. The third-order valence-electron chi connectivity index (χ3n) is 6.18. The van der Waals surface area contributed by atoms with E-state index in [0.29, 0.717) is 12.6 Å². The number of hydrogen-bond donors (Lipinski definition) is 3. The number of guanidine groups is 1. The fourth-order valence-electron chi connectivity index (χ4n) is 3.82. The number of aliphatic hydroxyl groups excluding tert-OH is 1. The van der Waals surface area contributed by atoms with E-state index >= 15 is 0 Å². The molecule has 1 aromatic rings. The maximum absolute atomic E-state index is 9.82. The Hall–Kier alpha value is -1.26. The van der Waals surface area contributed by atoms with Crippen molar-refractivity contribution in [1.82, 2.24) is 15.5 Å². The Morgan fingerprint density at radius 2 is 1.81 bits per heavy atom. The average molecular weight is 549 g/mol. The third-order valence-corrected chi connectivity index (χ3v) is 6.18. The number of ether oxygens (including phenoxy) is 2. The van der Waals surface area contributed by atoms with Gasteiger partial charge in [0.1, 0.15) is 11.5 Å². The van der Waals surface area contributed by atoms with E-state index in [0.717, 1.165) is 62.9 Å². The lowest BCUT2D eigenvalue weighted by molar-refractivity contribution is 0.123. The predicted molar refractivity (Wildman–Crippen MR) is 138 cm³/mol. The van der Waals surface area contributed by atoms with Crippen LogP contribution in [0.1, 0.15) is 45.6 Å². The highest BCUT2D eigenvalue weighted by Crippen LogP contribution is 2.26. The topological polar surface area (TPSA) is 78.4 Å². The number of nitrogens with one attached hydrogen (secondary N) is 2. The van der Waals surface area contributed by atoms with Gasteiger partial charge in [-0.2, -0.15) is 0 Å². The Kier molecular flexibility index (Phi) is 12.5. The van der Waals surface area contributed by atoms with Crippen molar-refractivity contribution < 1.29 is 14.6 Å². The molecule has 1 saturated heterocycles. The third kappa shape index (κ3) is 8.31. The van der Waals surface area contributed by atoms with Crippen molar-refractivity contribution in [2.45, 2.75) is 52.6 Å². The largest absolute Gasteiger partial charge is 0.497 e. The van der Waals surface area contributed by atoms with E-state index in [1.54, 1.807) is 14.2 Å². The van der Waals surface area contributed by atoms with Crippen LogP contribution in [0.5, 0.6) is 11.5 Å². The van der Waals surface area contributed by atoms with Crippen LogP contribution in [-0.2, 0) is 6.54 Å². The van der Waals surface area contributed by atoms with Gasteiger partial charge >= 0.3 is 0 Å². The monoisotopic (exact) mass is 548 g/mol. The molecule has 31 heavy (non-hydrogen) atoms. The fraction of sp³-hybridized carbons (Fsp3) is 0.696. The highest BCUT2D eigenvalue weighted by molar-refractivity contribution is 14.0. The molecular weight excluding hydrogens is 507 g/mol. The molecule has 0 aliphatic carbocycles. The molecule has 1 aromatic carbocycles. The van der Waals surface area contributed by atoms with Crippen molar-refractivity contribution >= 4 is 29.9 Å². The number of aliphatic hydroxyl groups is 1. The number of likely N-dealkylation sites (tertiary alicyclic amines) is 1. The molecule has 0 amide bonds. The summed E-state index contributed by atoms with van der Waals surface area (Å²) in [7, 11) is 3.36. The van der Waals surface area contributed by atoms with Crippen molar-refractivity contribution in [3.05, 3.63) is 23.8 Å². The second-order valence-electron chi connectivity index (χ2n) is 8.15. The van der Waals surface area contributed by atoms with Crippen LogP contribution >= 0.6 is 24.0 Å². The molecule has 1 unspecified atom stereocenters. The first kappa shape index (κ1) is 27.8.